The normalized spacial score (nSPS) is 25.9. The minimum absolute atomic E-state index is 0.0289. The van der Waals surface area contributed by atoms with Gasteiger partial charge in [0.25, 0.3) is 0 Å². The maximum Gasteiger partial charge on any atom is 0.0909 e. The molecule has 2 saturated heterocycles. The van der Waals surface area contributed by atoms with Gasteiger partial charge in [0.15, 0.2) is 0 Å². The van der Waals surface area contributed by atoms with Crippen LogP contribution in [0, 0.1) is 11.3 Å². The van der Waals surface area contributed by atoms with Gasteiger partial charge < -0.3 is 4.74 Å². The lowest BCUT2D eigenvalue weighted by atomic mass is 9.95. The Balaban J connectivity index is 1.90. The summed E-state index contributed by atoms with van der Waals surface area (Å²) >= 11 is 0. The number of piperazine rings is 1. The van der Waals surface area contributed by atoms with Crippen LogP contribution in [0.3, 0.4) is 0 Å². The molecule has 2 aliphatic heterocycles. The van der Waals surface area contributed by atoms with Crippen molar-refractivity contribution >= 4 is 0 Å². The van der Waals surface area contributed by atoms with Crippen LogP contribution in [0.5, 0.6) is 0 Å². The number of rotatable bonds is 3. The zero-order valence-corrected chi connectivity index (χ0v) is 11.6. The Labute approximate surface area is 110 Å². The monoisotopic (exact) mass is 249 g/mol. The van der Waals surface area contributed by atoms with E-state index in [0.29, 0.717) is 0 Å². The average molecular weight is 249 g/mol. The number of allylic oxidation sites excluding steroid dienone is 1. The van der Waals surface area contributed by atoms with Gasteiger partial charge in [-0.25, -0.2) is 0 Å². The minimum Gasteiger partial charge on any atom is -0.377 e. The zero-order valence-electron chi connectivity index (χ0n) is 11.6. The fraction of sp³-hybridized carbons (Fsp3) is 0.786. The first-order valence-corrected chi connectivity index (χ1v) is 6.63. The second-order valence-electron chi connectivity index (χ2n) is 6.08. The van der Waals surface area contributed by atoms with Gasteiger partial charge in [0.2, 0.25) is 0 Å². The van der Waals surface area contributed by atoms with Gasteiger partial charge in [0.05, 0.1) is 24.8 Å². The highest BCUT2D eigenvalue weighted by Gasteiger charge is 2.41. The summed E-state index contributed by atoms with van der Waals surface area (Å²) in [4.78, 5) is 4.98. The molecule has 0 N–H and O–H groups in total. The molecule has 0 unspecified atom stereocenters. The number of ether oxygens (including phenoxy) is 1. The van der Waals surface area contributed by atoms with Gasteiger partial charge in [-0.3, -0.25) is 9.80 Å². The van der Waals surface area contributed by atoms with Crippen LogP contribution in [-0.4, -0.2) is 60.3 Å². The summed E-state index contributed by atoms with van der Waals surface area (Å²) in [6.07, 6.45) is 3.59. The lowest BCUT2D eigenvalue weighted by Crippen LogP contribution is -2.66. The quantitative estimate of drug-likeness (QED) is 0.706. The van der Waals surface area contributed by atoms with E-state index in [4.69, 9.17) is 10.00 Å². The molecule has 0 aliphatic carbocycles. The summed E-state index contributed by atoms with van der Waals surface area (Å²) in [5, 5.41) is 8.64. The summed E-state index contributed by atoms with van der Waals surface area (Å²) in [5.41, 5.74) is 0.234. The van der Waals surface area contributed by atoms with Gasteiger partial charge in [-0.15, -0.1) is 0 Å². The van der Waals surface area contributed by atoms with Crippen molar-refractivity contribution in [1.82, 2.24) is 9.80 Å². The molecular formula is C14H23N3O. The Bertz CT molecular complexity index is 358. The SMILES string of the molecule is CC(C)(C=CC#N)N1CCN(C2(C)COC2)CC1. The van der Waals surface area contributed by atoms with Crippen LogP contribution in [0.25, 0.3) is 0 Å². The van der Waals surface area contributed by atoms with E-state index in [2.05, 4.69) is 36.6 Å². The lowest BCUT2D eigenvalue weighted by Gasteiger charge is -2.52. The Hall–Kier alpha value is -0.890. The smallest absolute Gasteiger partial charge is 0.0909 e. The molecule has 4 nitrogen and oxygen atoms in total. The highest BCUT2D eigenvalue weighted by molar-refractivity contribution is 5.12. The molecule has 2 aliphatic rings. The van der Waals surface area contributed by atoms with Crippen molar-refractivity contribution in [2.45, 2.75) is 31.8 Å². The number of hydrogen-bond donors (Lipinski definition) is 0. The molecule has 18 heavy (non-hydrogen) atoms. The van der Waals surface area contributed by atoms with Crippen molar-refractivity contribution in [3.8, 4) is 6.07 Å². The van der Waals surface area contributed by atoms with Crippen LogP contribution < -0.4 is 0 Å². The van der Waals surface area contributed by atoms with Gasteiger partial charge >= 0.3 is 0 Å². The van der Waals surface area contributed by atoms with E-state index in [0.717, 1.165) is 39.4 Å². The third kappa shape index (κ3) is 2.59. The Morgan fingerprint density at radius 1 is 1.22 bits per heavy atom. The third-order valence-corrected chi connectivity index (χ3v) is 4.25. The second kappa shape index (κ2) is 5.00. The zero-order chi connectivity index (χ0) is 13.2. The predicted molar refractivity (Wildman–Crippen MR) is 71.2 cm³/mol. The van der Waals surface area contributed by atoms with Crippen molar-refractivity contribution in [2.75, 3.05) is 39.4 Å². The third-order valence-electron chi connectivity index (χ3n) is 4.25. The number of nitrogens with zero attached hydrogens (tertiary/aromatic N) is 3. The first kappa shape index (κ1) is 13.5. The molecule has 0 amide bonds. The summed E-state index contributed by atoms with van der Waals surface area (Å²) in [5.74, 6) is 0. The van der Waals surface area contributed by atoms with E-state index in [-0.39, 0.29) is 11.1 Å². The van der Waals surface area contributed by atoms with E-state index >= 15 is 0 Å². The topological polar surface area (TPSA) is 39.5 Å². The van der Waals surface area contributed by atoms with Gasteiger partial charge in [-0.2, -0.15) is 5.26 Å². The molecule has 100 valence electrons. The molecule has 2 fully saturated rings. The molecule has 0 aromatic carbocycles. The Morgan fingerprint density at radius 3 is 2.28 bits per heavy atom. The predicted octanol–water partition coefficient (Wildman–Crippen LogP) is 1.25. The summed E-state index contributed by atoms with van der Waals surface area (Å²) in [7, 11) is 0. The van der Waals surface area contributed by atoms with Crippen LogP contribution >= 0.6 is 0 Å². The van der Waals surface area contributed by atoms with E-state index < -0.39 is 0 Å². The first-order valence-electron chi connectivity index (χ1n) is 6.63. The Kier molecular flexibility index (Phi) is 3.76. The van der Waals surface area contributed by atoms with Crippen molar-refractivity contribution in [1.29, 1.82) is 5.26 Å². The van der Waals surface area contributed by atoms with Crippen molar-refractivity contribution in [3.05, 3.63) is 12.2 Å². The van der Waals surface area contributed by atoms with Crippen molar-refractivity contribution in [2.24, 2.45) is 0 Å². The Morgan fingerprint density at radius 2 is 1.83 bits per heavy atom. The van der Waals surface area contributed by atoms with Gasteiger partial charge in [-0.05, 0) is 20.8 Å². The molecule has 4 heteroatoms. The van der Waals surface area contributed by atoms with Crippen molar-refractivity contribution in [3.63, 3.8) is 0 Å². The van der Waals surface area contributed by atoms with E-state index in [1.807, 2.05) is 6.08 Å². The minimum atomic E-state index is -0.0289. The van der Waals surface area contributed by atoms with Gasteiger partial charge in [-0.1, -0.05) is 6.08 Å². The molecule has 0 aromatic heterocycles. The largest absolute Gasteiger partial charge is 0.377 e. The molecule has 0 saturated carbocycles. The molecular weight excluding hydrogens is 226 g/mol. The molecule has 0 atom stereocenters. The van der Waals surface area contributed by atoms with E-state index in [1.165, 1.54) is 0 Å². The van der Waals surface area contributed by atoms with Crippen LogP contribution in [0.15, 0.2) is 12.2 Å². The highest BCUT2D eigenvalue weighted by atomic mass is 16.5. The number of nitriles is 1. The highest BCUT2D eigenvalue weighted by Crippen LogP contribution is 2.27. The summed E-state index contributed by atoms with van der Waals surface area (Å²) < 4.78 is 5.34. The second-order valence-corrected chi connectivity index (χ2v) is 6.08. The number of hydrogen-bond acceptors (Lipinski definition) is 4. The molecule has 2 heterocycles. The van der Waals surface area contributed by atoms with E-state index in [9.17, 15) is 0 Å². The maximum atomic E-state index is 8.64. The van der Waals surface area contributed by atoms with Crippen LogP contribution in [0.1, 0.15) is 20.8 Å². The van der Waals surface area contributed by atoms with Crippen LogP contribution in [-0.2, 0) is 4.74 Å². The van der Waals surface area contributed by atoms with Gasteiger partial charge in [0, 0.05) is 37.8 Å². The standard InChI is InChI=1S/C14H23N3O/c1-13(2,5-4-6-15)16-7-9-17(10-8-16)14(3)11-18-12-14/h4-5H,7-12H2,1-3H3. The molecule has 0 aromatic rings. The first-order chi connectivity index (χ1) is 8.48. The summed E-state index contributed by atoms with van der Waals surface area (Å²) in [6.45, 7) is 12.6. The average Bonchev–Trinajstić information content (AvgIpc) is 2.34. The van der Waals surface area contributed by atoms with Crippen LogP contribution in [0.4, 0.5) is 0 Å². The van der Waals surface area contributed by atoms with E-state index in [1.54, 1.807) is 6.08 Å². The molecule has 0 radical (unpaired) electrons. The van der Waals surface area contributed by atoms with Crippen molar-refractivity contribution < 1.29 is 4.74 Å². The van der Waals surface area contributed by atoms with Gasteiger partial charge in [0.1, 0.15) is 0 Å². The van der Waals surface area contributed by atoms with Crippen LogP contribution in [0.2, 0.25) is 0 Å². The lowest BCUT2D eigenvalue weighted by molar-refractivity contribution is -0.142. The fourth-order valence-electron chi connectivity index (χ4n) is 2.75. The summed E-state index contributed by atoms with van der Waals surface area (Å²) in [6, 6.07) is 2.08. The fourth-order valence-corrected chi connectivity index (χ4v) is 2.75. The molecule has 2 rings (SSSR count). The molecule has 0 spiro atoms. The maximum absolute atomic E-state index is 8.64. The molecule has 0 bridgehead atoms.